The van der Waals surface area contributed by atoms with Crippen LogP contribution in [0.2, 0.25) is 0 Å². The van der Waals surface area contributed by atoms with E-state index in [1.807, 2.05) is 6.07 Å². The van der Waals surface area contributed by atoms with E-state index in [0.29, 0.717) is 11.3 Å². The van der Waals surface area contributed by atoms with Crippen molar-refractivity contribution in [3.63, 3.8) is 0 Å². The number of nitrogens with zero attached hydrogens (tertiary/aromatic N) is 4. The molecule has 0 unspecified atom stereocenters. The summed E-state index contributed by atoms with van der Waals surface area (Å²) in [7, 11) is 0. The first-order valence-corrected chi connectivity index (χ1v) is 4.55. The van der Waals surface area contributed by atoms with Crippen molar-refractivity contribution < 1.29 is 9.63 Å². The number of aryl methyl sites for hydroxylation is 1. The molecule has 0 aliphatic heterocycles. The van der Waals surface area contributed by atoms with Gasteiger partial charge >= 0.3 is 0 Å². The molecule has 16 heavy (non-hydrogen) atoms. The minimum Gasteiger partial charge on any atom is -0.388 e. The van der Waals surface area contributed by atoms with Gasteiger partial charge in [0, 0.05) is 6.20 Å². The summed E-state index contributed by atoms with van der Waals surface area (Å²) in [5.74, 6) is 0.440. The normalized spacial score (nSPS) is 10.1. The molecular formula is C10H8N4O2. The van der Waals surface area contributed by atoms with Crippen LogP contribution in [0.25, 0.3) is 11.6 Å². The predicted molar refractivity (Wildman–Crippen MR) is 52.9 cm³/mol. The molecule has 0 amide bonds. The average Bonchev–Trinajstić information content (AvgIpc) is 2.77. The lowest BCUT2D eigenvalue weighted by Crippen LogP contribution is -1.90. The molecule has 0 aliphatic rings. The number of hydrogen-bond acceptors (Lipinski definition) is 6. The van der Waals surface area contributed by atoms with E-state index in [0.717, 1.165) is 5.56 Å². The molecule has 80 valence electrons. The van der Waals surface area contributed by atoms with E-state index >= 15 is 0 Å². The SMILES string of the molecule is Cc1cc(-c2nc(CO)no2)ncc1C#N. The molecule has 6 heteroatoms. The molecule has 0 spiro atoms. The first-order chi connectivity index (χ1) is 7.74. The van der Waals surface area contributed by atoms with Crippen LogP contribution in [0, 0.1) is 18.3 Å². The average molecular weight is 216 g/mol. The van der Waals surface area contributed by atoms with Gasteiger partial charge in [0.1, 0.15) is 18.4 Å². The molecule has 2 aromatic heterocycles. The Morgan fingerprint density at radius 2 is 2.38 bits per heavy atom. The Labute approximate surface area is 91.2 Å². The van der Waals surface area contributed by atoms with Crippen molar-refractivity contribution in [3.8, 4) is 17.7 Å². The molecule has 0 saturated carbocycles. The van der Waals surface area contributed by atoms with Gasteiger partial charge in [0.05, 0.1) is 5.56 Å². The molecule has 1 N–H and O–H groups in total. The van der Waals surface area contributed by atoms with Gasteiger partial charge in [0.2, 0.25) is 0 Å². The Kier molecular flexibility index (Phi) is 2.62. The van der Waals surface area contributed by atoms with Crippen LogP contribution in [0.5, 0.6) is 0 Å². The van der Waals surface area contributed by atoms with Crippen LogP contribution in [0.15, 0.2) is 16.8 Å². The number of pyridine rings is 1. The third kappa shape index (κ3) is 1.76. The smallest absolute Gasteiger partial charge is 0.276 e. The number of rotatable bonds is 2. The molecule has 2 rings (SSSR count). The van der Waals surface area contributed by atoms with Gasteiger partial charge in [-0.05, 0) is 18.6 Å². The molecule has 2 heterocycles. The molecular weight excluding hydrogens is 208 g/mol. The van der Waals surface area contributed by atoms with Crippen molar-refractivity contribution >= 4 is 0 Å². The van der Waals surface area contributed by atoms with Crippen molar-refractivity contribution in [2.45, 2.75) is 13.5 Å². The van der Waals surface area contributed by atoms with Crippen LogP contribution in [0.4, 0.5) is 0 Å². The minimum atomic E-state index is -0.279. The van der Waals surface area contributed by atoms with Gasteiger partial charge in [-0.3, -0.25) is 0 Å². The monoisotopic (exact) mass is 216 g/mol. The van der Waals surface area contributed by atoms with Gasteiger partial charge in [-0.25, -0.2) is 4.98 Å². The summed E-state index contributed by atoms with van der Waals surface area (Å²) in [6, 6.07) is 3.71. The van der Waals surface area contributed by atoms with Crippen LogP contribution in [0.1, 0.15) is 17.0 Å². The Balaban J connectivity index is 2.42. The molecule has 0 saturated heterocycles. The second-order valence-electron chi connectivity index (χ2n) is 3.17. The fourth-order valence-electron chi connectivity index (χ4n) is 1.21. The second-order valence-corrected chi connectivity index (χ2v) is 3.17. The predicted octanol–water partition coefficient (Wildman–Crippen LogP) is 0.804. The maximum absolute atomic E-state index is 8.79. The van der Waals surface area contributed by atoms with E-state index < -0.39 is 0 Å². The van der Waals surface area contributed by atoms with Crippen LogP contribution in [0.3, 0.4) is 0 Å². The zero-order valence-corrected chi connectivity index (χ0v) is 8.51. The topological polar surface area (TPSA) is 95.8 Å². The van der Waals surface area contributed by atoms with Gasteiger partial charge in [-0.1, -0.05) is 5.16 Å². The molecule has 0 aliphatic carbocycles. The summed E-state index contributed by atoms with van der Waals surface area (Å²) in [4.78, 5) is 7.95. The van der Waals surface area contributed by atoms with Crippen LogP contribution >= 0.6 is 0 Å². The molecule has 0 fully saturated rings. The molecule has 0 aromatic carbocycles. The quantitative estimate of drug-likeness (QED) is 0.797. The van der Waals surface area contributed by atoms with Crippen LogP contribution in [-0.4, -0.2) is 20.2 Å². The highest BCUT2D eigenvalue weighted by atomic mass is 16.5. The molecule has 0 radical (unpaired) electrons. The maximum Gasteiger partial charge on any atom is 0.276 e. The van der Waals surface area contributed by atoms with Gasteiger partial charge in [-0.15, -0.1) is 0 Å². The summed E-state index contributed by atoms with van der Waals surface area (Å²) >= 11 is 0. The zero-order chi connectivity index (χ0) is 11.5. The Morgan fingerprint density at radius 1 is 1.56 bits per heavy atom. The van der Waals surface area contributed by atoms with Crippen molar-refractivity contribution in [3.05, 3.63) is 29.2 Å². The van der Waals surface area contributed by atoms with E-state index in [1.165, 1.54) is 6.20 Å². The Hall–Kier alpha value is -2.26. The summed E-state index contributed by atoms with van der Waals surface area (Å²) < 4.78 is 4.90. The van der Waals surface area contributed by atoms with Gasteiger partial charge in [0.25, 0.3) is 5.89 Å². The number of aromatic nitrogens is 3. The minimum absolute atomic E-state index is 0.207. The van der Waals surface area contributed by atoms with Crippen molar-refractivity contribution in [2.75, 3.05) is 0 Å². The van der Waals surface area contributed by atoms with Gasteiger partial charge < -0.3 is 9.63 Å². The summed E-state index contributed by atoms with van der Waals surface area (Å²) in [6.45, 7) is 1.52. The largest absolute Gasteiger partial charge is 0.388 e. The van der Waals surface area contributed by atoms with Crippen molar-refractivity contribution in [1.29, 1.82) is 5.26 Å². The zero-order valence-electron chi connectivity index (χ0n) is 8.51. The third-order valence-corrected chi connectivity index (χ3v) is 2.06. The fourth-order valence-corrected chi connectivity index (χ4v) is 1.21. The lowest BCUT2D eigenvalue weighted by molar-refractivity contribution is 0.264. The van der Waals surface area contributed by atoms with E-state index in [2.05, 4.69) is 15.1 Å². The molecule has 6 nitrogen and oxygen atoms in total. The number of aliphatic hydroxyl groups is 1. The van der Waals surface area contributed by atoms with Crippen LogP contribution in [-0.2, 0) is 6.61 Å². The van der Waals surface area contributed by atoms with E-state index in [4.69, 9.17) is 14.9 Å². The van der Waals surface area contributed by atoms with Gasteiger partial charge in [0.15, 0.2) is 5.82 Å². The number of nitriles is 1. The third-order valence-electron chi connectivity index (χ3n) is 2.06. The summed E-state index contributed by atoms with van der Waals surface area (Å²) in [5.41, 5.74) is 1.78. The van der Waals surface area contributed by atoms with Crippen molar-refractivity contribution in [1.82, 2.24) is 15.1 Å². The second kappa shape index (κ2) is 4.08. The lowest BCUT2D eigenvalue weighted by Gasteiger charge is -1.97. The van der Waals surface area contributed by atoms with E-state index in [-0.39, 0.29) is 18.3 Å². The number of hydrogen-bond donors (Lipinski definition) is 1. The lowest BCUT2D eigenvalue weighted by atomic mass is 10.1. The highest BCUT2D eigenvalue weighted by molar-refractivity contribution is 5.51. The summed E-state index contributed by atoms with van der Waals surface area (Å²) in [6.07, 6.45) is 1.45. The van der Waals surface area contributed by atoms with E-state index in [1.54, 1.807) is 13.0 Å². The molecule has 0 atom stereocenters. The summed E-state index contributed by atoms with van der Waals surface area (Å²) in [5, 5.41) is 21.1. The highest BCUT2D eigenvalue weighted by Gasteiger charge is 2.10. The van der Waals surface area contributed by atoms with E-state index in [9.17, 15) is 0 Å². The first kappa shape index (κ1) is 10.3. The first-order valence-electron chi connectivity index (χ1n) is 4.55. The highest BCUT2D eigenvalue weighted by Crippen LogP contribution is 2.17. The number of aliphatic hydroxyl groups excluding tert-OH is 1. The Bertz CT molecular complexity index is 556. The fraction of sp³-hybridized carbons (Fsp3) is 0.200. The maximum atomic E-state index is 8.79. The van der Waals surface area contributed by atoms with Crippen LogP contribution < -0.4 is 0 Å². The standard InChI is InChI=1S/C10H8N4O2/c1-6-2-8(12-4-7(6)3-11)10-13-9(5-15)14-16-10/h2,4,15H,5H2,1H3. The van der Waals surface area contributed by atoms with Gasteiger partial charge in [-0.2, -0.15) is 10.2 Å². The molecule has 2 aromatic rings. The van der Waals surface area contributed by atoms with Crippen molar-refractivity contribution in [2.24, 2.45) is 0 Å². The molecule has 0 bridgehead atoms. The Morgan fingerprint density at radius 3 is 2.94 bits per heavy atom.